The summed E-state index contributed by atoms with van der Waals surface area (Å²) in [7, 11) is 0. The molecule has 0 aliphatic rings. The highest BCUT2D eigenvalue weighted by Gasteiger charge is 2.37. The summed E-state index contributed by atoms with van der Waals surface area (Å²) in [6.07, 6.45) is -0.289. The first kappa shape index (κ1) is 49.5. The first-order valence-corrected chi connectivity index (χ1v) is 21.9. The molecule has 3 heterocycles. The maximum Gasteiger partial charge on any atom is 0.418 e. The van der Waals surface area contributed by atoms with Gasteiger partial charge in [0.15, 0.2) is 34.6 Å². The van der Waals surface area contributed by atoms with E-state index in [2.05, 4.69) is 37.3 Å². The predicted octanol–water partition coefficient (Wildman–Crippen LogP) is 11.3. The van der Waals surface area contributed by atoms with Crippen molar-refractivity contribution in [3.05, 3.63) is 82.4 Å². The lowest BCUT2D eigenvalue weighted by atomic mass is 9.91. The predicted molar refractivity (Wildman–Crippen MR) is 246 cm³/mol. The molecule has 19 heteroatoms. The number of amides is 2. The monoisotopic (exact) mass is 899 g/mol. The van der Waals surface area contributed by atoms with Gasteiger partial charge in [-0.1, -0.05) is 86.4 Å². The van der Waals surface area contributed by atoms with Crippen molar-refractivity contribution < 1.29 is 22.8 Å². The van der Waals surface area contributed by atoms with Crippen LogP contribution in [-0.4, -0.2) is 77.3 Å². The SMILES string of the molecule is CCCCN(CC)C(=O)c1cccc(C)c1N=Nc1c(C(C)(C)C)nn(-c2cc(-n3nc(C(C)(C)C)c(N=Nc4c(C(=O)N(CC)CCCC)cccc4C(F)(F)F)c3N)ncn2)c1N. The molecule has 3 aromatic heterocycles. The molecule has 2 aromatic carbocycles. The molecule has 4 N–H and O–H groups in total. The van der Waals surface area contributed by atoms with Crippen LogP contribution in [0.4, 0.5) is 47.6 Å². The van der Waals surface area contributed by atoms with Crippen LogP contribution in [0.2, 0.25) is 0 Å². The van der Waals surface area contributed by atoms with Gasteiger partial charge >= 0.3 is 6.18 Å². The number of hydrogen-bond acceptors (Lipinski definition) is 12. The number of rotatable bonds is 16. The number of benzene rings is 2. The molecule has 65 heavy (non-hydrogen) atoms. The summed E-state index contributed by atoms with van der Waals surface area (Å²) >= 11 is 0. The minimum atomic E-state index is -4.85. The molecule has 5 aromatic rings. The quantitative estimate of drug-likeness (QED) is 0.0910. The lowest BCUT2D eigenvalue weighted by Gasteiger charge is -2.22. The first-order chi connectivity index (χ1) is 30.6. The Labute approximate surface area is 378 Å². The van der Waals surface area contributed by atoms with Crippen molar-refractivity contribution >= 4 is 46.2 Å². The molecular weight excluding hydrogens is 838 g/mol. The summed E-state index contributed by atoms with van der Waals surface area (Å²) < 4.78 is 46.2. The molecule has 0 saturated heterocycles. The van der Waals surface area contributed by atoms with Gasteiger partial charge in [0.25, 0.3) is 11.8 Å². The zero-order valence-electron chi connectivity index (χ0n) is 39.2. The standard InChI is InChI=1S/C46H61F3N14O2/c1-12-16-24-60(14-3)42(64)29-21-18-20-28(5)34(29)54-56-36-38(44(6,7)8)58-62(40(36)50)32-26-33(53-27-52-32)63-41(51)37(39(59-63)45(9,10)11)57-55-35-30(22-19-23-31(35)46(47,48)49)43(65)61(15-4)25-17-13-2/h18-23,26-27H,12-17,24-25,50-51H2,1-11H3. The lowest BCUT2D eigenvalue weighted by Crippen LogP contribution is -2.32. The third-order valence-corrected chi connectivity index (χ3v) is 10.7. The van der Waals surface area contributed by atoms with Crippen LogP contribution >= 0.6 is 0 Å². The van der Waals surface area contributed by atoms with E-state index >= 15 is 0 Å². The van der Waals surface area contributed by atoms with Gasteiger partial charge < -0.3 is 21.3 Å². The second-order valence-corrected chi connectivity index (χ2v) is 17.8. The highest BCUT2D eigenvalue weighted by atomic mass is 19.4. The summed E-state index contributed by atoms with van der Waals surface area (Å²) in [5, 5.41) is 27.3. The number of carbonyl (C=O) groups is 2. The van der Waals surface area contributed by atoms with Gasteiger partial charge in [-0.05, 0) is 57.4 Å². The summed E-state index contributed by atoms with van der Waals surface area (Å²) in [4.78, 5) is 39.6. The Kier molecular flexibility index (Phi) is 15.3. The number of anilines is 2. The average molecular weight is 899 g/mol. The number of nitrogens with two attached hydrogens (primary N) is 2. The van der Waals surface area contributed by atoms with Crippen LogP contribution in [0.5, 0.6) is 0 Å². The molecule has 2 amide bonds. The van der Waals surface area contributed by atoms with Crippen molar-refractivity contribution in [2.45, 2.75) is 119 Å². The summed E-state index contributed by atoms with van der Waals surface area (Å²) in [5.74, 6) is -0.355. The van der Waals surface area contributed by atoms with Crippen LogP contribution in [0.15, 0.2) is 69.2 Å². The van der Waals surface area contributed by atoms with E-state index in [1.165, 1.54) is 38.8 Å². The highest BCUT2D eigenvalue weighted by Crippen LogP contribution is 2.43. The lowest BCUT2D eigenvalue weighted by molar-refractivity contribution is -0.137. The molecular formula is C46H61F3N14O2. The minimum Gasteiger partial charge on any atom is -0.382 e. The molecule has 0 atom stereocenters. The maximum absolute atomic E-state index is 14.5. The second kappa shape index (κ2) is 20.1. The zero-order valence-corrected chi connectivity index (χ0v) is 39.2. The fraction of sp³-hybridized carbons (Fsp3) is 0.478. The Bertz CT molecular complexity index is 2560. The average Bonchev–Trinajstić information content (AvgIpc) is 3.78. The number of nitrogen functional groups attached to an aromatic ring is 2. The van der Waals surface area contributed by atoms with Gasteiger partial charge in [0.2, 0.25) is 0 Å². The van der Waals surface area contributed by atoms with Gasteiger partial charge in [-0.2, -0.15) is 32.7 Å². The number of aryl methyl sites for hydroxylation is 1. The largest absolute Gasteiger partial charge is 0.418 e. The van der Waals surface area contributed by atoms with E-state index < -0.39 is 34.2 Å². The third kappa shape index (κ3) is 10.9. The van der Waals surface area contributed by atoms with Crippen LogP contribution in [0.3, 0.4) is 0 Å². The Morgan fingerprint density at radius 1 is 0.646 bits per heavy atom. The topological polar surface area (TPSA) is 204 Å². The number of hydrogen-bond donors (Lipinski definition) is 2. The molecule has 0 aliphatic heterocycles. The molecule has 0 saturated carbocycles. The van der Waals surface area contributed by atoms with E-state index in [4.69, 9.17) is 21.7 Å². The Hall–Kier alpha value is -6.53. The van der Waals surface area contributed by atoms with Gasteiger partial charge in [0.1, 0.15) is 17.7 Å². The fourth-order valence-corrected chi connectivity index (χ4v) is 7.03. The number of azo groups is 2. The maximum atomic E-state index is 14.5. The first-order valence-electron chi connectivity index (χ1n) is 21.9. The number of aromatic nitrogens is 6. The van der Waals surface area contributed by atoms with E-state index in [1.54, 1.807) is 17.9 Å². The van der Waals surface area contributed by atoms with Gasteiger partial charge in [0.05, 0.1) is 28.1 Å². The van der Waals surface area contributed by atoms with Crippen LogP contribution < -0.4 is 11.5 Å². The van der Waals surface area contributed by atoms with Crippen LogP contribution in [0, 0.1) is 6.92 Å². The van der Waals surface area contributed by atoms with Gasteiger partial charge in [-0.15, -0.1) is 20.5 Å². The molecule has 0 aliphatic carbocycles. The number of unbranched alkanes of at least 4 members (excludes halogenated alkanes) is 2. The highest BCUT2D eigenvalue weighted by molar-refractivity contribution is 6.00. The van der Waals surface area contributed by atoms with Crippen molar-refractivity contribution in [3.63, 3.8) is 0 Å². The van der Waals surface area contributed by atoms with Gasteiger partial charge in [-0.3, -0.25) is 9.59 Å². The van der Waals surface area contributed by atoms with E-state index in [-0.39, 0.29) is 46.1 Å². The van der Waals surface area contributed by atoms with Crippen molar-refractivity contribution in [3.8, 4) is 11.6 Å². The Balaban J connectivity index is 1.61. The third-order valence-electron chi connectivity index (χ3n) is 10.7. The Morgan fingerprint density at radius 3 is 1.48 bits per heavy atom. The minimum absolute atomic E-state index is 0.0100. The second-order valence-electron chi connectivity index (χ2n) is 17.8. The normalized spacial score (nSPS) is 12.5. The van der Waals surface area contributed by atoms with Crippen molar-refractivity contribution in [1.29, 1.82) is 0 Å². The van der Waals surface area contributed by atoms with E-state index in [0.717, 1.165) is 30.9 Å². The van der Waals surface area contributed by atoms with Gasteiger partial charge in [-0.25, -0.2) is 9.97 Å². The molecule has 0 radical (unpaired) electrons. The Morgan fingerprint density at radius 2 is 1.06 bits per heavy atom. The molecule has 16 nitrogen and oxygen atoms in total. The van der Waals surface area contributed by atoms with Crippen LogP contribution in [-0.2, 0) is 17.0 Å². The van der Waals surface area contributed by atoms with Crippen molar-refractivity contribution in [1.82, 2.24) is 39.3 Å². The molecule has 0 fully saturated rings. The van der Waals surface area contributed by atoms with E-state index in [9.17, 15) is 22.8 Å². The summed E-state index contributed by atoms with van der Waals surface area (Å²) in [6, 6.07) is 10.3. The zero-order chi connectivity index (χ0) is 48.0. The number of alkyl halides is 3. The van der Waals surface area contributed by atoms with Crippen LogP contribution in [0.25, 0.3) is 11.6 Å². The van der Waals surface area contributed by atoms with E-state index in [0.29, 0.717) is 55.2 Å². The molecule has 348 valence electrons. The van der Waals surface area contributed by atoms with Crippen molar-refractivity contribution in [2.24, 2.45) is 20.5 Å². The number of halogens is 3. The number of carbonyl (C=O) groups excluding carboxylic acids is 2. The molecule has 0 bridgehead atoms. The van der Waals surface area contributed by atoms with Gasteiger partial charge in [0, 0.05) is 43.1 Å². The molecule has 5 rings (SSSR count). The smallest absolute Gasteiger partial charge is 0.382 e. The van der Waals surface area contributed by atoms with E-state index in [1.807, 2.05) is 74.4 Å². The number of nitrogens with zero attached hydrogens (tertiary/aromatic N) is 12. The van der Waals surface area contributed by atoms with Crippen LogP contribution in [0.1, 0.15) is 138 Å². The van der Waals surface area contributed by atoms with Crippen molar-refractivity contribution in [2.75, 3.05) is 37.6 Å². The molecule has 0 unspecified atom stereocenters. The summed E-state index contributed by atoms with van der Waals surface area (Å²) in [6.45, 7) is 22.8. The summed E-state index contributed by atoms with van der Waals surface area (Å²) in [5.41, 5.74) is 12.9. The molecule has 0 spiro atoms. The fourth-order valence-electron chi connectivity index (χ4n) is 7.03.